The van der Waals surface area contributed by atoms with Gasteiger partial charge in [-0.15, -0.1) is 6.58 Å². The Kier molecular flexibility index (Phi) is 4.53. The van der Waals surface area contributed by atoms with Crippen molar-refractivity contribution in [1.29, 1.82) is 0 Å². The second kappa shape index (κ2) is 5.53. The van der Waals surface area contributed by atoms with Crippen LogP contribution in [-0.2, 0) is 13.8 Å². The Hall–Kier alpha value is -1.34. The molecule has 6 nitrogen and oxygen atoms in total. The van der Waals surface area contributed by atoms with Gasteiger partial charge in [-0.05, 0) is 13.8 Å². The van der Waals surface area contributed by atoms with Gasteiger partial charge in [-0.3, -0.25) is 4.79 Å². The van der Waals surface area contributed by atoms with Crippen LogP contribution in [0.2, 0.25) is 0 Å². The number of rotatable bonds is 5. The molecule has 0 spiro atoms. The zero-order valence-electron chi connectivity index (χ0n) is 10.1. The molecule has 0 aliphatic rings. The summed E-state index contributed by atoms with van der Waals surface area (Å²) in [7, 11) is 1.31. The van der Waals surface area contributed by atoms with Crippen LogP contribution in [0, 0.1) is 6.92 Å². The Morgan fingerprint density at radius 1 is 1.72 bits per heavy atom. The summed E-state index contributed by atoms with van der Waals surface area (Å²) in [6, 6.07) is -0.579. The van der Waals surface area contributed by atoms with Gasteiger partial charge in [-0.25, -0.2) is 13.4 Å². The van der Waals surface area contributed by atoms with E-state index in [2.05, 4.69) is 16.9 Å². The summed E-state index contributed by atoms with van der Waals surface area (Å²) in [6.07, 6.45) is 2.80. The van der Waals surface area contributed by atoms with Gasteiger partial charge in [0.1, 0.15) is 11.9 Å². The molecule has 0 fully saturated rings. The SMILES string of the molecule is C=CCNC(=O)C(C)n1cc(S(=O)(=O)Cl)nc1C. The van der Waals surface area contributed by atoms with Crippen LogP contribution in [0.3, 0.4) is 0 Å². The third kappa shape index (κ3) is 3.33. The number of hydrogen-bond acceptors (Lipinski definition) is 4. The lowest BCUT2D eigenvalue weighted by molar-refractivity contribution is -0.123. The molecule has 1 unspecified atom stereocenters. The standard InChI is InChI=1S/C10H14ClN3O3S/c1-4-5-12-10(15)7(2)14-6-9(13-8(14)3)18(11,16)17/h4,6-7H,1,5H2,2-3H3,(H,12,15). The minimum absolute atomic E-state index is 0.256. The summed E-state index contributed by atoms with van der Waals surface area (Å²) >= 11 is 0. The van der Waals surface area contributed by atoms with Crippen molar-refractivity contribution in [3.63, 3.8) is 0 Å². The predicted molar refractivity (Wildman–Crippen MR) is 67.9 cm³/mol. The first-order chi connectivity index (χ1) is 8.27. The van der Waals surface area contributed by atoms with Crippen LogP contribution in [0.4, 0.5) is 0 Å². The van der Waals surface area contributed by atoms with Gasteiger partial charge in [0, 0.05) is 23.4 Å². The first-order valence-corrected chi connectivity index (χ1v) is 7.47. The fourth-order valence-corrected chi connectivity index (χ4v) is 2.12. The second-order valence-corrected chi connectivity index (χ2v) is 6.19. The van der Waals surface area contributed by atoms with Gasteiger partial charge in [0.2, 0.25) is 5.91 Å². The van der Waals surface area contributed by atoms with E-state index in [9.17, 15) is 13.2 Å². The Morgan fingerprint density at radius 3 is 2.78 bits per heavy atom. The molecule has 0 bridgehead atoms. The van der Waals surface area contributed by atoms with Crippen molar-refractivity contribution in [2.24, 2.45) is 0 Å². The highest BCUT2D eigenvalue weighted by molar-refractivity contribution is 8.13. The molecule has 1 rings (SSSR count). The number of nitrogens with one attached hydrogen (secondary N) is 1. The van der Waals surface area contributed by atoms with Gasteiger partial charge in [0.05, 0.1) is 0 Å². The van der Waals surface area contributed by atoms with Gasteiger partial charge in [0.15, 0.2) is 5.03 Å². The number of carbonyl (C=O) groups is 1. The molecule has 8 heteroatoms. The first-order valence-electron chi connectivity index (χ1n) is 5.16. The van der Waals surface area contributed by atoms with E-state index < -0.39 is 15.1 Å². The maximum absolute atomic E-state index is 11.7. The molecule has 1 aromatic rings. The van der Waals surface area contributed by atoms with E-state index >= 15 is 0 Å². The number of imidazole rings is 1. The molecule has 1 heterocycles. The number of nitrogens with zero attached hydrogens (tertiary/aromatic N) is 2. The Balaban J connectivity index is 3.00. The predicted octanol–water partition coefficient (Wildman–Crippen LogP) is 0.982. The van der Waals surface area contributed by atoms with Crippen LogP contribution in [-0.4, -0.2) is 30.4 Å². The average Bonchev–Trinajstić information content (AvgIpc) is 2.66. The van der Waals surface area contributed by atoms with E-state index in [0.717, 1.165) is 0 Å². The molecule has 0 radical (unpaired) electrons. The van der Waals surface area contributed by atoms with E-state index in [-0.39, 0.29) is 10.9 Å². The smallest absolute Gasteiger partial charge is 0.280 e. The normalized spacial score (nSPS) is 13.1. The van der Waals surface area contributed by atoms with Crippen molar-refractivity contribution in [3.8, 4) is 0 Å². The summed E-state index contributed by atoms with van der Waals surface area (Å²) in [5.41, 5.74) is 0. The van der Waals surface area contributed by atoms with Gasteiger partial charge in [-0.2, -0.15) is 0 Å². The van der Waals surface area contributed by atoms with Crippen LogP contribution in [0.15, 0.2) is 23.9 Å². The second-order valence-electron chi connectivity index (χ2n) is 3.68. The van der Waals surface area contributed by atoms with E-state index in [4.69, 9.17) is 10.7 Å². The zero-order valence-corrected chi connectivity index (χ0v) is 11.6. The van der Waals surface area contributed by atoms with Gasteiger partial charge >= 0.3 is 0 Å². The number of aromatic nitrogens is 2. The van der Waals surface area contributed by atoms with Crippen molar-refractivity contribution in [3.05, 3.63) is 24.7 Å². The fourth-order valence-electron chi connectivity index (χ4n) is 1.41. The van der Waals surface area contributed by atoms with Crippen molar-refractivity contribution in [1.82, 2.24) is 14.9 Å². The zero-order chi connectivity index (χ0) is 13.9. The highest BCUT2D eigenvalue weighted by Gasteiger charge is 2.21. The Morgan fingerprint density at radius 2 is 2.33 bits per heavy atom. The molecule has 1 N–H and O–H groups in total. The minimum atomic E-state index is -3.89. The molecule has 0 aliphatic carbocycles. The Labute approximate surface area is 110 Å². The summed E-state index contributed by atoms with van der Waals surface area (Å²) in [5.74, 6) is 0.143. The first kappa shape index (κ1) is 14.7. The third-order valence-electron chi connectivity index (χ3n) is 2.36. The quantitative estimate of drug-likeness (QED) is 0.648. The van der Waals surface area contributed by atoms with Crippen molar-refractivity contribution < 1.29 is 13.2 Å². The van der Waals surface area contributed by atoms with Crippen LogP contribution in [0.25, 0.3) is 0 Å². The van der Waals surface area contributed by atoms with Crippen LogP contribution in [0.5, 0.6) is 0 Å². The lowest BCUT2D eigenvalue weighted by atomic mass is 10.3. The molecule has 0 aliphatic heterocycles. The summed E-state index contributed by atoms with van der Waals surface area (Å²) < 4.78 is 23.7. The molecule has 0 saturated heterocycles. The average molecular weight is 292 g/mol. The van der Waals surface area contributed by atoms with Crippen molar-refractivity contribution in [2.75, 3.05) is 6.54 Å². The molecule has 18 heavy (non-hydrogen) atoms. The molecule has 0 saturated carbocycles. The molecule has 1 atom stereocenters. The fraction of sp³-hybridized carbons (Fsp3) is 0.400. The summed E-state index contributed by atoms with van der Waals surface area (Å²) in [5, 5.41) is 2.36. The summed E-state index contributed by atoms with van der Waals surface area (Å²) in [6.45, 7) is 7.07. The van der Waals surface area contributed by atoms with Crippen LogP contribution in [0.1, 0.15) is 18.8 Å². The van der Waals surface area contributed by atoms with E-state index in [1.165, 1.54) is 10.8 Å². The van der Waals surface area contributed by atoms with Gasteiger partial charge in [0.25, 0.3) is 9.05 Å². The molecule has 1 amide bonds. The van der Waals surface area contributed by atoms with Crippen molar-refractivity contribution >= 4 is 25.6 Å². The highest BCUT2D eigenvalue weighted by Crippen LogP contribution is 2.17. The lowest BCUT2D eigenvalue weighted by Crippen LogP contribution is -2.31. The number of hydrogen-bond donors (Lipinski definition) is 1. The topological polar surface area (TPSA) is 81.1 Å². The maximum Gasteiger partial charge on any atom is 0.280 e. The molecule has 0 aromatic carbocycles. The Bertz CT molecular complexity index is 565. The number of amides is 1. The third-order valence-corrected chi connectivity index (χ3v) is 3.53. The molecular weight excluding hydrogens is 278 g/mol. The number of carbonyl (C=O) groups excluding carboxylic acids is 1. The van der Waals surface area contributed by atoms with E-state index in [0.29, 0.717) is 12.4 Å². The van der Waals surface area contributed by atoms with Gasteiger partial charge in [-0.1, -0.05) is 6.08 Å². The minimum Gasteiger partial charge on any atom is -0.351 e. The largest absolute Gasteiger partial charge is 0.351 e. The monoisotopic (exact) mass is 291 g/mol. The van der Waals surface area contributed by atoms with E-state index in [1.807, 2.05) is 0 Å². The summed E-state index contributed by atoms with van der Waals surface area (Å²) in [4.78, 5) is 15.5. The van der Waals surface area contributed by atoms with Crippen molar-refractivity contribution in [2.45, 2.75) is 24.9 Å². The van der Waals surface area contributed by atoms with Crippen LogP contribution >= 0.6 is 10.7 Å². The van der Waals surface area contributed by atoms with E-state index in [1.54, 1.807) is 19.9 Å². The molecule has 1 aromatic heterocycles. The number of halogens is 1. The molecule has 100 valence electrons. The maximum atomic E-state index is 11.7. The highest BCUT2D eigenvalue weighted by atomic mass is 35.7. The molecular formula is C10H14ClN3O3S. The van der Waals surface area contributed by atoms with Crippen LogP contribution < -0.4 is 5.32 Å². The number of aryl methyl sites for hydroxylation is 1. The lowest BCUT2D eigenvalue weighted by Gasteiger charge is -2.13. The van der Waals surface area contributed by atoms with Gasteiger partial charge < -0.3 is 9.88 Å².